The summed E-state index contributed by atoms with van der Waals surface area (Å²) in [6.07, 6.45) is 2.73. The lowest BCUT2D eigenvalue weighted by molar-refractivity contribution is -0.127. The van der Waals surface area contributed by atoms with Crippen molar-refractivity contribution in [2.75, 3.05) is 6.54 Å². The second-order valence-corrected chi connectivity index (χ2v) is 6.26. The van der Waals surface area contributed by atoms with E-state index in [1.165, 1.54) is 5.56 Å². The molecule has 1 unspecified atom stereocenters. The predicted octanol–water partition coefficient (Wildman–Crippen LogP) is 2.56. The van der Waals surface area contributed by atoms with Crippen molar-refractivity contribution in [1.29, 1.82) is 0 Å². The Morgan fingerprint density at radius 3 is 2.90 bits per heavy atom. The molecule has 0 bridgehead atoms. The third-order valence-corrected chi connectivity index (χ3v) is 3.84. The Hall–Kier alpha value is -1.55. The number of ether oxygens (including phenoxy) is 1. The van der Waals surface area contributed by atoms with E-state index in [9.17, 15) is 4.79 Å². The van der Waals surface area contributed by atoms with Gasteiger partial charge < -0.3 is 15.8 Å². The van der Waals surface area contributed by atoms with Crippen molar-refractivity contribution >= 4 is 5.91 Å². The second kappa shape index (κ2) is 6.94. The van der Waals surface area contributed by atoms with Crippen molar-refractivity contribution in [3.8, 4) is 5.75 Å². The number of fused-ring (bicyclic) bond motifs is 1. The molecule has 4 nitrogen and oxygen atoms in total. The lowest BCUT2D eigenvalue weighted by Gasteiger charge is -2.23. The zero-order valence-corrected chi connectivity index (χ0v) is 13.2. The summed E-state index contributed by atoms with van der Waals surface area (Å²) in [4.78, 5) is 11.9. The van der Waals surface area contributed by atoms with Gasteiger partial charge in [-0.1, -0.05) is 19.9 Å². The first kappa shape index (κ1) is 15.8. The van der Waals surface area contributed by atoms with E-state index in [1.54, 1.807) is 6.92 Å². The molecule has 0 saturated carbocycles. The average molecular weight is 290 g/mol. The number of rotatable bonds is 5. The maximum atomic E-state index is 11.9. The van der Waals surface area contributed by atoms with Crippen LogP contribution in [-0.2, 0) is 11.2 Å². The molecule has 1 aliphatic carbocycles. The fourth-order valence-electron chi connectivity index (χ4n) is 2.59. The first-order chi connectivity index (χ1) is 9.97. The number of benzene rings is 1. The molecular formula is C17H26N2O2. The zero-order chi connectivity index (χ0) is 15.4. The first-order valence-corrected chi connectivity index (χ1v) is 7.80. The molecule has 2 atom stereocenters. The molecule has 0 heterocycles. The van der Waals surface area contributed by atoms with Gasteiger partial charge in [-0.3, -0.25) is 4.79 Å². The monoisotopic (exact) mass is 290 g/mol. The average Bonchev–Trinajstić information content (AvgIpc) is 2.45. The number of hydrogen-bond donors (Lipinski definition) is 2. The summed E-state index contributed by atoms with van der Waals surface area (Å²) < 4.78 is 5.76. The fraction of sp³-hybridized carbons (Fsp3) is 0.588. The molecule has 0 aliphatic heterocycles. The van der Waals surface area contributed by atoms with Crippen LogP contribution < -0.4 is 15.8 Å². The molecule has 1 aromatic rings. The second-order valence-electron chi connectivity index (χ2n) is 6.26. The minimum atomic E-state index is -0.499. The highest BCUT2D eigenvalue weighted by molar-refractivity contribution is 5.80. The van der Waals surface area contributed by atoms with E-state index in [4.69, 9.17) is 10.5 Å². The van der Waals surface area contributed by atoms with Gasteiger partial charge in [0.2, 0.25) is 0 Å². The Morgan fingerprint density at radius 1 is 1.43 bits per heavy atom. The zero-order valence-electron chi connectivity index (χ0n) is 13.2. The topological polar surface area (TPSA) is 64.3 Å². The SMILES string of the molecule is CC(C)CNC(=O)C(C)Oc1ccc2c(c1)[C@H](N)CCC2. The van der Waals surface area contributed by atoms with Crippen molar-refractivity contribution in [3.63, 3.8) is 0 Å². The molecule has 0 radical (unpaired) electrons. The fourth-order valence-corrected chi connectivity index (χ4v) is 2.59. The maximum Gasteiger partial charge on any atom is 0.260 e. The number of aryl methyl sites for hydroxylation is 1. The van der Waals surface area contributed by atoms with Gasteiger partial charge in [-0.05, 0) is 55.4 Å². The number of nitrogens with two attached hydrogens (primary N) is 1. The van der Waals surface area contributed by atoms with E-state index in [0.717, 1.165) is 30.6 Å². The third kappa shape index (κ3) is 4.21. The molecule has 21 heavy (non-hydrogen) atoms. The van der Waals surface area contributed by atoms with E-state index in [0.29, 0.717) is 12.5 Å². The van der Waals surface area contributed by atoms with Gasteiger partial charge in [-0.15, -0.1) is 0 Å². The minimum Gasteiger partial charge on any atom is -0.481 e. The Balaban J connectivity index is 1.99. The molecule has 0 spiro atoms. The van der Waals surface area contributed by atoms with Gasteiger partial charge in [-0.25, -0.2) is 0 Å². The standard InChI is InChI=1S/C17H26N2O2/c1-11(2)10-19-17(20)12(3)21-14-8-7-13-5-4-6-16(18)15(13)9-14/h7-9,11-12,16H,4-6,10,18H2,1-3H3,(H,19,20)/t12?,16-/m1/s1. The minimum absolute atomic E-state index is 0.0780. The third-order valence-electron chi connectivity index (χ3n) is 3.84. The van der Waals surface area contributed by atoms with Gasteiger partial charge in [-0.2, -0.15) is 0 Å². The summed E-state index contributed by atoms with van der Waals surface area (Å²) >= 11 is 0. The van der Waals surface area contributed by atoms with Crippen molar-refractivity contribution < 1.29 is 9.53 Å². The van der Waals surface area contributed by atoms with E-state index in [1.807, 2.05) is 12.1 Å². The Morgan fingerprint density at radius 2 is 2.19 bits per heavy atom. The van der Waals surface area contributed by atoms with E-state index >= 15 is 0 Å². The Kier molecular flexibility index (Phi) is 5.23. The highest BCUT2D eigenvalue weighted by atomic mass is 16.5. The number of amides is 1. The largest absolute Gasteiger partial charge is 0.481 e. The van der Waals surface area contributed by atoms with Crippen LogP contribution in [0.4, 0.5) is 0 Å². The summed E-state index contributed by atoms with van der Waals surface area (Å²) in [6, 6.07) is 6.08. The molecule has 3 N–H and O–H groups in total. The summed E-state index contributed by atoms with van der Waals surface area (Å²) in [5.74, 6) is 1.08. The van der Waals surface area contributed by atoms with Crippen LogP contribution in [0.1, 0.15) is 50.8 Å². The van der Waals surface area contributed by atoms with Gasteiger partial charge >= 0.3 is 0 Å². The molecule has 2 rings (SSSR count). The molecule has 0 aromatic heterocycles. The molecule has 1 amide bonds. The number of hydrogen-bond acceptors (Lipinski definition) is 3. The van der Waals surface area contributed by atoms with Crippen LogP contribution in [0.2, 0.25) is 0 Å². The molecule has 0 fully saturated rings. The predicted molar refractivity (Wildman–Crippen MR) is 84.2 cm³/mol. The summed E-state index contributed by atoms with van der Waals surface area (Å²) in [6.45, 7) is 6.57. The maximum absolute atomic E-state index is 11.9. The normalized spacial score (nSPS) is 19.0. The summed E-state index contributed by atoms with van der Waals surface area (Å²) in [5, 5.41) is 2.88. The summed E-state index contributed by atoms with van der Waals surface area (Å²) in [5.41, 5.74) is 8.62. The molecular weight excluding hydrogens is 264 g/mol. The highest BCUT2D eigenvalue weighted by Gasteiger charge is 2.19. The van der Waals surface area contributed by atoms with Crippen LogP contribution in [0, 0.1) is 5.92 Å². The molecule has 4 heteroatoms. The molecule has 1 aliphatic rings. The van der Waals surface area contributed by atoms with Crippen LogP contribution >= 0.6 is 0 Å². The van der Waals surface area contributed by atoms with Crippen molar-refractivity contribution in [1.82, 2.24) is 5.32 Å². The van der Waals surface area contributed by atoms with Gasteiger partial charge in [0.25, 0.3) is 5.91 Å². The highest BCUT2D eigenvalue weighted by Crippen LogP contribution is 2.31. The lowest BCUT2D eigenvalue weighted by atomic mass is 9.88. The Labute approximate surface area is 127 Å². The Bertz CT molecular complexity index is 500. The van der Waals surface area contributed by atoms with Crippen LogP contribution in [0.25, 0.3) is 0 Å². The molecule has 1 aromatic carbocycles. The lowest BCUT2D eigenvalue weighted by Crippen LogP contribution is -2.38. The van der Waals surface area contributed by atoms with Crippen LogP contribution in [0.5, 0.6) is 5.75 Å². The first-order valence-electron chi connectivity index (χ1n) is 7.80. The smallest absolute Gasteiger partial charge is 0.260 e. The number of carbonyl (C=O) groups is 1. The quantitative estimate of drug-likeness (QED) is 0.876. The number of nitrogens with one attached hydrogen (secondary N) is 1. The van der Waals surface area contributed by atoms with E-state index < -0.39 is 6.10 Å². The van der Waals surface area contributed by atoms with Crippen molar-refractivity contribution in [2.24, 2.45) is 11.7 Å². The van der Waals surface area contributed by atoms with Crippen molar-refractivity contribution in [3.05, 3.63) is 29.3 Å². The summed E-state index contributed by atoms with van der Waals surface area (Å²) in [7, 11) is 0. The van der Waals surface area contributed by atoms with Gasteiger partial charge in [0.15, 0.2) is 6.10 Å². The number of carbonyl (C=O) groups excluding carboxylic acids is 1. The van der Waals surface area contributed by atoms with Crippen LogP contribution in [-0.4, -0.2) is 18.6 Å². The van der Waals surface area contributed by atoms with Gasteiger partial charge in [0.1, 0.15) is 5.75 Å². The van der Waals surface area contributed by atoms with Crippen LogP contribution in [0.15, 0.2) is 18.2 Å². The van der Waals surface area contributed by atoms with Gasteiger partial charge in [0.05, 0.1) is 0 Å². The van der Waals surface area contributed by atoms with Crippen LogP contribution in [0.3, 0.4) is 0 Å². The molecule has 0 saturated heterocycles. The van der Waals surface area contributed by atoms with E-state index in [-0.39, 0.29) is 11.9 Å². The van der Waals surface area contributed by atoms with Crippen molar-refractivity contribution in [2.45, 2.75) is 52.2 Å². The van der Waals surface area contributed by atoms with E-state index in [2.05, 4.69) is 25.2 Å². The van der Waals surface area contributed by atoms with Gasteiger partial charge in [0, 0.05) is 12.6 Å². The molecule has 116 valence electrons.